The van der Waals surface area contributed by atoms with Crippen molar-refractivity contribution in [2.24, 2.45) is 0 Å². The van der Waals surface area contributed by atoms with Gasteiger partial charge in [0.25, 0.3) is 5.56 Å². The summed E-state index contributed by atoms with van der Waals surface area (Å²) in [6.45, 7) is 7.34. The molecule has 0 saturated carbocycles. The molecule has 6 aromatic rings. The van der Waals surface area contributed by atoms with Gasteiger partial charge in [-0.3, -0.25) is 4.79 Å². The Labute approximate surface area is 241 Å². The fraction of sp³-hybridized carbons (Fsp3) is 0.188. The highest BCUT2D eigenvalue weighted by molar-refractivity contribution is 7.15. The molecule has 8 nitrogen and oxygen atoms in total. The van der Waals surface area contributed by atoms with Gasteiger partial charge in [0.05, 0.1) is 23.4 Å². The van der Waals surface area contributed by atoms with E-state index in [1.165, 1.54) is 15.9 Å². The van der Waals surface area contributed by atoms with Crippen LogP contribution in [0.5, 0.6) is 11.5 Å². The maximum absolute atomic E-state index is 13.4. The number of benzene rings is 3. The maximum atomic E-state index is 13.4. The lowest BCUT2D eigenvalue weighted by Gasteiger charge is -2.08. The number of hydrogen-bond acceptors (Lipinski definition) is 7. The minimum atomic E-state index is -0.214. The third kappa shape index (κ3) is 5.36. The van der Waals surface area contributed by atoms with Gasteiger partial charge in [0.15, 0.2) is 5.82 Å². The standard InChI is InChI=1S/C32H29N5O3S/c1-4-17-40-25-13-11-22(12-14-25)30-33-32-37(35-30)31(38)28(41-32)19-23-20-36(24-9-7-6-8-10-24)34-29(23)27-16-15-26(39-5-2)18-21(27)3/h6-16,18-20H,4-5,17H2,1-3H3. The predicted molar refractivity (Wildman–Crippen MR) is 162 cm³/mol. The molecule has 0 atom stereocenters. The van der Waals surface area contributed by atoms with Gasteiger partial charge in [-0.25, -0.2) is 4.68 Å². The molecule has 206 valence electrons. The average Bonchev–Trinajstić information content (AvgIpc) is 3.68. The van der Waals surface area contributed by atoms with E-state index in [4.69, 9.17) is 14.6 Å². The Kier molecular flexibility index (Phi) is 7.35. The molecule has 9 heteroatoms. The summed E-state index contributed by atoms with van der Waals surface area (Å²) in [6, 6.07) is 23.5. The van der Waals surface area contributed by atoms with Crippen molar-refractivity contribution in [3.63, 3.8) is 0 Å². The largest absolute Gasteiger partial charge is 0.494 e. The lowest BCUT2D eigenvalue weighted by molar-refractivity contribution is 0.317. The maximum Gasteiger partial charge on any atom is 0.291 e. The van der Waals surface area contributed by atoms with E-state index in [1.807, 2.05) is 104 Å². The smallest absolute Gasteiger partial charge is 0.291 e. The van der Waals surface area contributed by atoms with Gasteiger partial charge in [-0.05, 0) is 86.5 Å². The summed E-state index contributed by atoms with van der Waals surface area (Å²) in [7, 11) is 0. The number of ether oxygens (including phenoxy) is 2. The van der Waals surface area contributed by atoms with Gasteiger partial charge in [0, 0.05) is 22.9 Å². The van der Waals surface area contributed by atoms with Crippen LogP contribution in [0.4, 0.5) is 0 Å². The molecule has 0 aliphatic heterocycles. The molecular weight excluding hydrogens is 534 g/mol. The van der Waals surface area contributed by atoms with E-state index < -0.39 is 0 Å². The average molecular weight is 564 g/mol. The summed E-state index contributed by atoms with van der Waals surface area (Å²) in [4.78, 5) is 18.6. The SMILES string of the molecule is CCCOc1ccc(-c2nc3sc(=Cc4cn(-c5ccccc5)nc4-c4ccc(OCC)cc4C)c(=O)n3n2)cc1. The van der Waals surface area contributed by atoms with Crippen molar-refractivity contribution < 1.29 is 9.47 Å². The van der Waals surface area contributed by atoms with Gasteiger partial charge in [0.2, 0.25) is 4.96 Å². The zero-order valence-electron chi connectivity index (χ0n) is 23.1. The quantitative estimate of drug-likeness (QED) is 0.224. The lowest BCUT2D eigenvalue weighted by Crippen LogP contribution is -2.23. The Morgan fingerprint density at radius 1 is 0.927 bits per heavy atom. The fourth-order valence-corrected chi connectivity index (χ4v) is 5.49. The third-order valence-electron chi connectivity index (χ3n) is 6.58. The van der Waals surface area contributed by atoms with Crippen molar-refractivity contribution >= 4 is 22.4 Å². The zero-order valence-corrected chi connectivity index (χ0v) is 23.9. The number of aromatic nitrogens is 5. The van der Waals surface area contributed by atoms with Crippen molar-refractivity contribution in [3.05, 3.63) is 105 Å². The Morgan fingerprint density at radius 3 is 2.41 bits per heavy atom. The minimum Gasteiger partial charge on any atom is -0.494 e. The van der Waals surface area contributed by atoms with Gasteiger partial charge in [0.1, 0.15) is 17.2 Å². The lowest BCUT2D eigenvalue weighted by atomic mass is 10.0. The molecule has 0 unspecified atom stereocenters. The van der Waals surface area contributed by atoms with Crippen LogP contribution in [0.15, 0.2) is 83.8 Å². The highest BCUT2D eigenvalue weighted by atomic mass is 32.1. The molecule has 0 bridgehead atoms. The van der Waals surface area contributed by atoms with Crippen molar-refractivity contribution in [2.75, 3.05) is 13.2 Å². The number of fused-ring (bicyclic) bond motifs is 1. The summed E-state index contributed by atoms with van der Waals surface area (Å²) < 4.78 is 15.1. The topological polar surface area (TPSA) is 83.5 Å². The second-order valence-corrected chi connectivity index (χ2v) is 10.6. The normalized spacial score (nSPS) is 11.8. The Hall–Kier alpha value is -4.76. The second kappa shape index (κ2) is 11.4. The number of thiazole rings is 1. The summed E-state index contributed by atoms with van der Waals surface area (Å²) in [5.74, 6) is 2.12. The van der Waals surface area contributed by atoms with Crippen LogP contribution in [0.3, 0.4) is 0 Å². The van der Waals surface area contributed by atoms with Crippen LogP contribution in [-0.2, 0) is 0 Å². The Bertz CT molecular complexity index is 1920. The first-order valence-electron chi connectivity index (χ1n) is 13.6. The van der Waals surface area contributed by atoms with Crippen molar-refractivity contribution in [2.45, 2.75) is 27.2 Å². The molecule has 0 amide bonds. The molecule has 0 spiro atoms. The van der Waals surface area contributed by atoms with Crippen LogP contribution in [0.2, 0.25) is 0 Å². The first-order chi connectivity index (χ1) is 20.0. The van der Waals surface area contributed by atoms with E-state index >= 15 is 0 Å². The highest BCUT2D eigenvalue weighted by Gasteiger charge is 2.16. The molecule has 0 fully saturated rings. The summed E-state index contributed by atoms with van der Waals surface area (Å²) in [5, 5.41) is 9.45. The van der Waals surface area contributed by atoms with Gasteiger partial charge in [-0.2, -0.15) is 14.6 Å². The first kappa shape index (κ1) is 26.5. The summed E-state index contributed by atoms with van der Waals surface area (Å²) in [6.07, 6.45) is 4.77. The van der Waals surface area contributed by atoms with E-state index in [9.17, 15) is 4.79 Å². The molecule has 0 aliphatic carbocycles. The molecule has 0 N–H and O–H groups in total. The Balaban J connectivity index is 1.41. The van der Waals surface area contributed by atoms with Crippen molar-refractivity contribution in [1.82, 2.24) is 24.4 Å². The monoisotopic (exact) mass is 563 g/mol. The molecule has 0 saturated heterocycles. The van der Waals surface area contributed by atoms with E-state index in [1.54, 1.807) is 0 Å². The number of rotatable bonds is 9. The third-order valence-corrected chi connectivity index (χ3v) is 7.54. The molecule has 3 aromatic heterocycles. The van der Waals surface area contributed by atoms with E-state index in [0.29, 0.717) is 28.5 Å². The fourth-order valence-electron chi connectivity index (χ4n) is 4.59. The molecule has 41 heavy (non-hydrogen) atoms. The van der Waals surface area contributed by atoms with E-state index in [-0.39, 0.29) is 5.56 Å². The van der Waals surface area contributed by atoms with E-state index in [2.05, 4.69) is 17.0 Å². The van der Waals surface area contributed by atoms with Gasteiger partial charge in [-0.15, -0.1) is 5.10 Å². The number of nitrogens with zero attached hydrogens (tertiary/aromatic N) is 5. The van der Waals surface area contributed by atoms with Crippen LogP contribution in [0, 0.1) is 6.92 Å². The van der Waals surface area contributed by atoms with Crippen LogP contribution in [-0.4, -0.2) is 37.6 Å². The molecule has 6 rings (SSSR count). The molecule has 0 aliphatic rings. The minimum absolute atomic E-state index is 0.214. The van der Waals surface area contributed by atoms with Crippen LogP contribution in [0.25, 0.3) is 39.4 Å². The number of para-hydroxylation sites is 1. The number of hydrogen-bond donors (Lipinski definition) is 0. The molecule has 3 aromatic carbocycles. The van der Waals surface area contributed by atoms with Crippen LogP contribution >= 0.6 is 11.3 Å². The number of aryl methyl sites for hydroxylation is 1. The van der Waals surface area contributed by atoms with Crippen LogP contribution < -0.4 is 19.6 Å². The van der Waals surface area contributed by atoms with Gasteiger partial charge in [-0.1, -0.05) is 36.5 Å². The van der Waals surface area contributed by atoms with Crippen molar-refractivity contribution in [3.8, 4) is 39.8 Å². The van der Waals surface area contributed by atoms with Gasteiger partial charge < -0.3 is 9.47 Å². The Morgan fingerprint density at radius 2 is 1.71 bits per heavy atom. The zero-order chi connectivity index (χ0) is 28.3. The van der Waals surface area contributed by atoms with Crippen molar-refractivity contribution in [1.29, 1.82) is 0 Å². The highest BCUT2D eigenvalue weighted by Crippen LogP contribution is 2.30. The summed E-state index contributed by atoms with van der Waals surface area (Å²) >= 11 is 1.31. The molecule has 0 radical (unpaired) electrons. The summed E-state index contributed by atoms with van der Waals surface area (Å²) in [5.41, 5.74) is 5.14. The predicted octanol–water partition coefficient (Wildman–Crippen LogP) is 5.71. The first-order valence-corrected chi connectivity index (χ1v) is 14.4. The van der Waals surface area contributed by atoms with E-state index in [0.717, 1.165) is 51.6 Å². The molecule has 3 heterocycles. The molecular formula is C32H29N5O3S. The second-order valence-electron chi connectivity index (χ2n) is 9.54. The van der Waals surface area contributed by atoms with Crippen LogP contribution in [0.1, 0.15) is 31.4 Å². The van der Waals surface area contributed by atoms with Gasteiger partial charge >= 0.3 is 0 Å².